The Labute approximate surface area is 177 Å². The number of aryl methyl sites for hydroxylation is 2. The molecule has 0 fully saturated rings. The van der Waals surface area contributed by atoms with Gasteiger partial charge in [0, 0.05) is 17.8 Å². The number of hydrogen-bond acceptors (Lipinski definition) is 3. The molecule has 0 amide bonds. The minimum atomic E-state index is 0.844. The molecule has 3 aromatic carbocycles. The molecular weight excluding hydrogens is 382 g/mol. The van der Waals surface area contributed by atoms with E-state index in [1.807, 2.05) is 6.33 Å². The van der Waals surface area contributed by atoms with Gasteiger partial charge in [0.2, 0.25) is 0 Å². The lowest BCUT2D eigenvalue weighted by molar-refractivity contribution is -0.448. The molecule has 4 aromatic heterocycles. The van der Waals surface area contributed by atoms with Crippen molar-refractivity contribution in [3.8, 4) is 0 Å². The fraction of sp³-hybridized carbons (Fsp3) is 0.0769. The van der Waals surface area contributed by atoms with Crippen LogP contribution in [0.5, 0.6) is 0 Å². The topological polar surface area (TPSA) is 47.7 Å². The molecule has 4 heterocycles. The van der Waals surface area contributed by atoms with Crippen LogP contribution in [0.15, 0.2) is 73.3 Å². The monoisotopic (exact) mass is 400 g/mol. The second-order valence-electron chi connectivity index (χ2n) is 8.13. The maximum Gasteiger partial charge on any atom is 0.355 e. The van der Waals surface area contributed by atoms with Crippen molar-refractivity contribution < 1.29 is 4.40 Å². The van der Waals surface area contributed by atoms with Crippen LogP contribution >= 0.6 is 0 Å². The SMILES string of the molecule is Cc1c2ccccc2cc2c3nccnc3[n+]3c4ccccc4c4ncn(C)c(c12)c43. The summed E-state index contributed by atoms with van der Waals surface area (Å²) < 4.78 is 4.36. The summed E-state index contributed by atoms with van der Waals surface area (Å²) in [7, 11) is 2.07. The van der Waals surface area contributed by atoms with Crippen molar-refractivity contribution in [2.24, 2.45) is 7.05 Å². The van der Waals surface area contributed by atoms with E-state index >= 15 is 0 Å². The number of fused-ring (bicyclic) bond motifs is 9. The highest BCUT2D eigenvalue weighted by Crippen LogP contribution is 2.36. The highest BCUT2D eigenvalue weighted by molar-refractivity contribution is 6.21. The Morgan fingerprint density at radius 1 is 0.806 bits per heavy atom. The molecule has 0 atom stereocenters. The number of nitrogens with zero attached hydrogens (tertiary/aromatic N) is 5. The van der Waals surface area contributed by atoms with Gasteiger partial charge in [0.05, 0.1) is 17.9 Å². The minimum absolute atomic E-state index is 0.844. The summed E-state index contributed by atoms with van der Waals surface area (Å²) in [5, 5.41) is 5.88. The Bertz CT molecular complexity index is 1860. The molecule has 0 unspecified atom stereocenters. The van der Waals surface area contributed by atoms with E-state index in [1.165, 1.54) is 21.7 Å². The third-order valence-corrected chi connectivity index (χ3v) is 6.48. The molecular formula is C26H18N5+. The van der Waals surface area contributed by atoms with Crippen molar-refractivity contribution in [1.82, 2.24) is 19.5 Å². The second kappa shape index (κ2) is 5.73. The van der Waals surface area contributed by atoms with Gasteiger partial charge < -0.3 is 4.57 Å². The van der Waals surface area contributed by atoms with Gasteiger partial charge in [-0.15, -0.1) is 0 Å². The van der Waals surface area contributed by atoms with Crippen molar-refractivity contribution in [2.45, 2.75) is 6.92 Å². The predicted molar refractivity (Wildman–Crippen MR) is 124 cm³/mol. The first-order valence-electron chi connectivity index (χ1n) is 10.4. The molecule has 5 heteroatoms. The highest BCUT2D eigenvalue weighted by Gasteiger charge is 2.25. The summed E-state index contributed by atoms with van der Waals surface area (Å²) in [4.78, 5) is 14.5. The normalized spacial score (nSPS) is 12.2. The van der Waals surface area contributed by atoms with Crippen LogP contribution in [-0.4, -0.2) is 19.5 Å². The van der Waals surface area contributed by atoms with Crippen LogP contribution in [0.4, 0.5) is 0 Å². The number of aromatic nitrogens is 5. The van der Waals surface area contributed by atoms with Gasteiger partial charge in [-0.25, -0.2) is 9.97 Å². The average molecular weight is 400 g/mol. The van der Waals surface area contributed by atoms with Gasteiger partial charge in [0.15, 0.2) is 17.2 Å². The van der Waals surface area contributed by atoms with E-state index < -0.39 is 0 Å². The van der Waals surface area contributed by atoms with Crippen molar-refractivity contribution >= 4 is 60.2 Å². The van der Waals surface area contributed by atoms with Gasteiger partial charge in [-0.05, 0) is 46.4 Å². The van der Waals surface area contributed by atoms with E-state index in [9.17, 15) is 0 Å². The molecule has 0 radical (unpaired) electrons. The first-order valence-corrected chi connectivity index (χ1v) is 10.4. The summed E-state index contributed by atoms with van der Waals surface area (Å²) in [5.41, 5.74) is 7.27. The standard InChI is InChI=1S/C26H18N5/c1-15-17-8-4-3-7-16(17)13-19-21(15)24-25-22(29-14-30(24)2)18-9-5-6-10-20(18)31(25)26-23(19)27-11-12-28-26/h3-14H,1-2H3/q+1. The highest BCUT2D eigenvalue weighted by atomic mass is 15.1. The molecule has 0 saturated heterocycles. The van der Waals surface area contributed by atoms with E-state index in [0.29, 0.717) is 0 Å². The first kappa shape index (κ1) is 16.7. The molecule has 0 N–H and O–H groups in total. The van der Waals surface area contributed by atoms with E-state index in [4.69, 9.17) is 15.0 Å². The zero-order valence-electron chi connectivity index (χ0n) is 17.2. The average Bonchev–Trinajstić information content (AvgIpc) is 3.07. The van der Waals surface area contributed by atoms with Crippen LogP contribution in [0.2, 0.25) is 0 Å². The summed E-state index contributed by atoms with van der Waals surface area (Å²) in [5.74, 6) is 0. The van der Waals surface area contributed by atoms with Crippen molar-refractivity contribution in [3.63, 3.8) is 0 Å². The van der Waals surface area contributed by atoms with Crippen LogP contribution in [0.25, 0.3) is 60.2 Å². The van der Waals surface area contributed by atoms with Crippen molar-refractivity contribution in [3.05, 3.63) is 78.9 Å². The van der Waals surface area contributed by atoms with Gasteiger partial charge in [-0.3, -0.25) is 0 Å². The summed E-state index contributed by atoms with van der Waals surface area (Å²) in [6, 6.07) is 19.2. The van der Waals surface area contributed by atoms with Gasteiger partial charge in [-0.1, -0.05) is 36.4 Å². The summed E-state index contributed by atoms with van der Waals surface area (Å²) >= 11 is 0. The quantitative estimate of drug-likeness (QED) is 0.336. The lowest BCUT2D eigenvalue weighted by atomic mass is 9.97. The Balaban J connectivity index is 2.01. The minimum Gasteiger partial charge on any atom is -0.331 e. The molecule has 31 heavy (non-hydrogen) atoms. The maximum atomic E-state index is 4.85. The van der Waals surface area contributed by atoms with Crippen LogP contribution < -0.4 is 4.40 Å². The summed E-state index contributed by atoms with van der Waals surface area (Å²) in [6.45, 7) is 2.21. The number of para-hydroxylation sites is 1. The molecule has 0 saturated carbocycles. The van der Waals surface area contributed by atoms with Crippen molar-refractivity contribution in [2.75, 3.05) is 0 Å². The molecule has 5 nitrogen and oxygen atoms in total. The first-order chi connectivity index (χ1) is 15.2. The smallest absolute Gasteiger partial charge is 0.331 e. The predicted octanol–water partition coefficient (Wildman–Crippen LogP) is 5.02. The van der Waals surface area contributed by atoms with Crippen LogP contribution in [0.3, 0.4) is 0 Å². The summed E-state index contributed by atoms with van der Waals surface area (Å²) in [6.07, 6.45) is 5.47. The van der Waals surface area contributed by atoms with E-state index in [1.54, 1.807) is 12.4 Å². The number of benzene rings is 3. The van der Waals surface area contributed by atoms with E-state index in [0.717, 1.165) is 44.0 Å². The fourth-order valence-electron chi connectivity index (χ4n) is 5.16. The molecule has 0 spiro atoms. The molecule has 0 bridgehead atoms. The Morgan fingerprint density at radius 2 is 1.58 bits per heavy atom. The maximum absolute atomic E-state index is 4.85. The van der Waals surface area contributed by atoms with Gasteiger partial charge in [-0.2, -0.15) is 4.40 Å². The third kappa shape index (κ3) is 2.00. The van der Waals surface area contributed by atoms with E-state index in [-0.39, 0.29) is 0 Å². The lowest BCUT2D eigenvalue weighted by Crippen LogP contribution is -2.21. The van der Waals surface area contributed by atoms with Crippen LogP contribution in [-0.2, 0) is 7.05 Å². The molecule has 146 valence electrons. The molecule has 0 aliphatic heterocycles. The second-order valence-corrected chi connectivity index (χ2v) is 8.13. The number of rotatable bonds is 0. The van der Waals surface area contributed by atoms with Crippen LogP contribution in [0, 0.1) is 6.92 Å². The molecule has 0 aliphatic rings. The molecule has 0 aliphatic carbocycles. The van der Waals surface area contributed by atoms with Crippen LogP contribution in [0.1, 0.15) is 5.56 Å². The zero-order valence-corrected chi connectivity index (χ0v) is 17.2. The Kier molecular flexibility index (Phi) is 3.08. The number of hydrogen-bond donors (Lipinski definition) is 0. The lowest BCUT2D eigenvalue weighted by Gasteiger charge is -2.09. The van der Waals surface area contributed by atoms with Crippen molar-refractivity contribution in [1.29, 1.82) is 0 Å². The van der Waals surface area contributed by atoms with Gasteiger partial charge in [0.1, 0.15) is 16.6 Å². The molecule has 7 rings (SSSR count). The fourth-order valence-corrected chi connectivity index (χ4v) is 5.16. The van der Waals surface area contributed by atoms with Gasteiger partial charge >= 0.3 is 5.65 Å². The molecule has 7 aromatic rings. The Morgan fingerprint density at radius 3 is 2.48 bits per heavy atom. The third-order valence-electron chi connectivity index (χ3n) is 6.48. The van der Waals surface area contributed by atoms with E-state index in [2.05, 4.69) is 77.5 Å². The Hall–Kier alpha value is -4.12. The zero-order chi connectivity index (χ0) is 20.7. The largest absolute Gasteiger partial charge is 0.355 e. The van der Waals surface area contributed by atoms with Gasteiger partial charge in [0.25, 0.3) is 0 Å².